The van der Waals surface area contributed by atoms with Gasteiger partial charge in [0.1, 0.15) is 6.61 Å². The topological polar surface area (TPSA) is 134 Å². The van der Waals surface area contributed by atoms with Crippen molar-refractivity contribution >= 4 is 19.6 Å². The van der Waals surface area contributed by atoms with Crippen LogP contribution in [-0.2, 0) is 23.4 Å². The zero-order chi connectivity index (χ0) is 16.6. The summed E-state index contributed by atoms with van der Waals surface area (Å²) in [5.41, 5.74) is 0. The van der Waals surface area contributed by atoms with Crippen molar-refractivity contribution in [3.8, 4) is 0 Å². The molecule has 10 heteroatoms. The van der Waals surface area contributed by atoms with Crippen LogP contribution in [-0.4, -0.2) is 54.3 Å². The summed E-state index contributed by atoms with van der Waals surface area (Å²) in [5.74, 6) is -0.590. The van der Waals surface area contributed by atoms with Crippen molar-refractivity contribution in [1.29, 1.82) is 0 Å². The van der Waals surface area contributed by atoms with Crippen molar-refractivity contribution in [3.63, 3.8) is 0 Å². The van der Waals surface area contributed by atoms with E-state index in [1.165, 1.54) is 6.92 Å². The predicted molar refractivity (Wildman–Crippen MR) is 76.8 cm³/mol. The van der Waals surface area contributed by atoms with E-state index in [4.69, 9.17) is 9.63 Å². The summed E-state index contributed by atoms with van der Waals surface area (Å²) in [4.78, 5) is 31.8. The van der Waals surface area contributed by atoms with Crippen LogP contribution in [0.3, 0.4) is 0 Å². The first-order valence-electron chi connectivity index (χ1n) is 7.11. The number of hydrogen-bond donors (Lipinski definition) is 4. The van der Waals surface area contributed by atoms with Crippen LogP contribution in [0.1, 0.15) is 26.2 Å². The van der Waals surface area contributed by atoms with Gasteiger partial charge >= 0.3 is 13.7 Å². The Labute approximate surface area is 129 Å². The van der Waals surface area contributed by atoms with Crippen LogP contribution in [0.5, 0.6) is 0 Å². The van der Waals surface area contributed by atoms with E-state index < -0.39 is 26.4 Å². The highest BCUT2D eigenvalue weighted by atomic mass is 31.2. The highest BCUT2D eigenvalue weighted by Crippen LogP contribution is 2.37. The van der Waals surface area contributed by atoms with Gasteiger partial charge in [-0.05, 0) is 12.8 Å². The lowest BCUT2D eigenvalue weighted by atomic mass is 9.85. The highest BCUT2D eigenvalue weighted by molar-refractivity contribution is 7.50. The summed E-state index contributed by atoms with van der Waals surface area (Å²) in [5, 5.41) is 13.8. The molecule has 0 radical (unpaired) electrons. The number of carbonyl (C=O) groups excluding carboxylic acids is 2. The first kappa shape index (κ1) is 19.1. The minimum Gasteiger partial charge on any atom is -0.464 e. The second-order valence-electron chi connectivity index (χ2n) is 5.08. The molecule has 0 bridgehead atoms. The normalized spacial score (nSPS) is 18.9. The average Bonchev–Trinajstić information content (AvgIpc) is 2.37. The van der Waals surface area contributed by atoms with Crippen molar-refractivity contribution in [1.82, 2.24) is 10.4 Å². The van der Waals surface area contributed by atoms with E-state index in [1.54, 1.807) is 0 Å². The average molecular weight is 338 g/mol. The summed E-state index contributed by atoms with van der Waals surface area (Å²) in [7, 11) is -4.15. The number of carbonyl (C=O) groups is 2. The van der Waals surface area contributed by atoms with Gasteiger partial charge in [-0.15, -0.1) is 0 Å². The summed E-state index contributed by atoms with van der Waals surface area (Å²) >= 11 is 0. The smallest absolute Gasteiger partial charge is 0.403 e. The molecule has 1 amide bonds. The monoisotopic (exact) mass is 338 g/mol. The molecule has 22 heavy (non-hydrogen) atoms. The van der Waals surface area contributed by atoms with E-state index in [2.05, 4.69) is 15.1 Å². The van der Waals surface area contributed by atoms with Crippen LogP contribution in [0.15, 0.2) is 0 Å². The molecule has 1 saturated carbocycles. The molecule has 1 aliphatic carbocycles. The number of esters is 1. The van der Waals surface area contributed by atoms with Gasteiger partial charge in [0.2, 0.25) is 5.91 Å². The standard InChI is InChI=1S/C12H23N2O7P/c1-9(16)20-8-11(7-15)14-22(18,19)21-6-5-13-12(17)10-3-2-4-10/h10-11,15H,2-8H2,1H3,(H,13,17)(H2,14,18,19). The van der Waals surface area contributed by atoms with E-state index in [0.717, 1.165) is 19.3 Å². The van der Waals surface area contributed by atoms with Gasteiger partial charge in [0.05, 0.1) is 19.3 Å². The Bertz CT molecular complexity index is 428. The van der Waals surface area contributed by atoms with Gasteiger partial charge < -0.3 is 20.1 Å². The Balaban J connectivity index is 2.22. The number of ether oxygens (including phenoxy) is 1. The summed E-state index contributed by atoms with van der Waals surface area (Å²) in [6.07, 6.45) is 2.80. The van der Waals surface area contributed by atoms with Crippen molar-refractivity contribution in [2.24, 2.45) is 5.92 Å². The molecule has 0 aliphatic heterocycles. The van der Waals surface area contributed by atoms with E-state index in [1.807, 2.05) is 0 Å². The van der Waals surface area contributed by atoms with Crippen LogP contribution in [0.4, 0.5) is 0 Å². The largest absolute Gasteiger partial charge is 0.464 e. The van der Waals surface area contributed by atoms with Crippen LogP contribution in [0.2, 0.25) is 0 Å². The van der Waals surface area contributed by atoms with E-state index in [9.17, 15) is 19.0 Å². The lowest BCUT2D eigenvalue weighted by Gasteiger charge is -2.24. The third kappa shape index (κ3) is 7.33. The fraction of sp³-hybridized carbons (Fsp3) is 0.833. The van der Waals surface area contributed by atoms with Gasteiger partial charge in [-0.2, -0.15) is 0 Å². The van der Waals surface area contributed by atoms with Gasteiger partial charge in [-0.1, -0.05) is 6.42 Å². The quantitative estimate of drug-likeness (QED) is 0.239. The molecule has 0 saturated heterocycles. The van der Waals surface area contributed by atoms with Crippen LogP contribution in [0, 0.1) is 5.92 Å². The Morgan fingerprint density at radius 3 is 2.59 bits per heavy atom. The Morgan fingerprint density at radius 1 is 1.41 bits per heavy atom. The number of rotatable bonds is 10. The predicted octanol–water partition coefficient (Wildman–Crippen LogP) is -0.467. The molecule has 0 spiro atoms. The SMILES string of the molecule is CC(=O)OCC(CO)NP(=O)(O)OCCNC(=O)C1CCC1. The molecule has 1 aliphatic rings. The molecule has 1 fully saturated rings. The van der Waals surface area contributed by atoms with Crippen LogP contribution in [0.25, 0.3) is 0 Å². The number of aliphatic hydroxyl groups is 1. The Morgan fingerprint density at radius 2 is 2.09 bits per heavy atom. The molecule has 0 aromatic carbocycles. The zero-order valence-electron chi connectivity index (χ0n) is 12.5. The second-order valence-corrected chi connectivity index (χ2v) is 6.64. The van der Waals surface area contributed by atoms with Crippen LogP contribution >= 0.6 is 7.75 Å². The summed E-state index contributed by atoms with van der Waals surface area (Å²) in [6, 6.07) is -0.913. The lowest BCUT2D eigenvalue weighted by molar-refractivity contribution is -0.141. The zero-order valence-corrected chi connectivity index (χ0v) is 13.4. The Kier molecular flexibility index (Phi) is 7.98. The Hall–Kier alpha value is -0.990. The molecule has 1 rings (SSSR count). The van der Waals surface area contributed by atoms with Gasteiger partial charge in [-0.25, -0.2) is 9.65 Å². The molecule has 0 aromatic rings. The lowest BCUT2D eigenvalue weighted by Crippen LogP contribution is -2.37. The first-order chi connectivity index (χ1) is 10.3. The molecule has 9 nitrogen and oxygen atoms in total. The first-order valence-corrected chi connectivity index (χ1v) is 8.69. The third-order valence-corrected chi connectivity index (χ3v) is 4.42. The maximum absolute atomic E-state index is 11.7. The van der Waals surface area contributed by atoms with Crippen molar-refractivity contribution in [3.05, 3.63) is 0 Å². The molecule has 2 atom stereocenters. The summed E-state index contributed by atoms with van der Waals surface area (Å²) < 4.78 is 21.2. The van der Waals surface area contributed by atoms with Crippen LogP contribution < -0.4 is 10.4 Å². The fourth-order valence-electron chi connectivity index (χ4n) is 1.78. The second kappa shape index (κ2) is 9.22. The van der Waals surface area contributed by atoms with Gasteiger partial charge in [0.15, 0.2) is 0 Å². The number of hydrogen-bond acceptors (Lipinski definition) is 6. The van der Waals surface area contributed by atoms with Gasteiger partial charge in [-0.3, -0.25) is 14.1 Å². The number of amides is 1. The van der Waals surface area contributed by atoms with Gasteiger partial charge in [0.25, 0.3) is 0 Å². The third-order valence-electron chi connectivity index (χ3n) is 3.20. The van der Waals surface area contributed by atoms with E-state index >= 15 is 0 Å². The van der Waals surface area contributed by atoms with E-state index in [-0.39, 0.29) is 31.6 Å². The molecule has 4 N–H and O–H groups in total. The fourth-order valence-corrected chi connectivity index (χ4v) is 2.81. The van der Waals surface area contributed by atoms with E-state index in [0.29, 0.717) is 0 Å². The highest BCUT2D eigenvalue weighted by Gasteiger charge is 2.26. The molecule has 0 heterocycles. The molecule has 0 aromatic heterocycles. The van der Waals surface area contributed by atoms with Gasteiger partial charge in [0, 0.05) is 19.4 Å². The molecular formula is C12H23N2O7P. The minimum atomic E-state index is -4.15. The van der Waals surface area contributed by atoms with Crippen molar-refractivity contribution < 1.29 is 33.4 Å². The van der Waals surface area contributed by atoms with Crippen molar-refractivity contribution in [2.75, 3.05) is 26.4 Å². The number of aliphatic hydroxyl groups excluding tert-OH is 1. The minimum absolute atomic E-state index is 0.0431. The molecular weight excluding hydrogens is 315 g/mol. The maximum Gasteiger partial charge on any atom is 0.403 e. The molecule has 2 unspecified atom stereocenters. The number of nitrogens with one attached hydrogen (secondary N) is 2. The summed E-state index contributed by atoms with van der Waals surface area (Å²) in [6.45, 7) is 0.409. The van der Waals surface area contributed by atoms with Crippen molar-refractivity contribution in [2.45, 2.75) is 32.2 Å². The molecule has 128 valence electrons. The maximum atomic E-state index is 11.7.